The zero-order valence-electron chi connectivity index (χ0n) is 17.7. The van der Waals surface area contributed by atoms with Gasteiger partial charge in [-0.1, -0.05) is 17.3 Å². The van der Waals surface area contributed by atoms with Gasteiger partial charge in [-0.25, -0.2) is 9.78 Å². The summed E-state index contributed by atoms with van der Waals surface area (Å²) in [4.78, 5) is 25.4. The number of hydrogen-bond acceptors (Lipinski definition) is 5. The lowest BCUT2D eigenvalue weighted by atomic mass is 10.1. The molecule has 0 aliphatic carbocycles. The Balaban J connectivity index is 1.43. The molecule has 0 atom stereocenters. The number of rotatable bonds is 7. The summed E-state index contributed by atoms with van der Waals surface area (Å²) in [7, 11) is 0. The first-order chi connectivity index (χ1) is 16.4. The van der Waals surface area contributed by atoms with Crippen molar-refractivity contribution >= 4 is 23.6 Å². The van der Waals surface area contributed by atoms with Crippen LogP contribution in [0.15, 0.2) is 78.5 Å². The second-order valence-corrected chi connectivity index (χ2v) is 7.20. The highest BCUT2D eigenvalue weighted by Crippen LogP contribution is 2.24. The van der Waals surface area contributed by atoms with E-state index < -0.39 is 18.8 Å². The Hall–Kier alpha value is -4.41. The summed E-state index contributed by atoms with van der Waals surface area (Å²) in [5.74, 6) is 0. The van der Waals surface area contributed by atoms with Crippen LogP contribution in [0.1, 0.15) is 11.1 Å². The molecule has 3 heterocycles. The fourth-order valence-electron chi connectivity index (χ4n) is 3.09. The predicted molar refractivity (Wildman–Crippen MR) is 120 cm³/mol. The normalized spacial score (nSPS) is 11.6. The van der Waals surface area contributed by atoms with Gasteiger partial charge in [-0.3, -0.25) is 9.38 Å². The van der Waals surface area contributed by atoms with Crippen molar-refractivity contribution in [3.8, 4) is 11.3 Å². The second-order valence-electron chi connectivity index (χ2n) is 7.20. The number of carbonyl (C=O) groups is 1. The van der Waals surface area contributed by atoms with E-state index in [1.54, 1.807) is 48.3 Å². The van der Waals surface area contributed by atoms with Gasteiger partial charge in [0.05, 0.1) is 18.1 Å². The van der Waals surface area contributed by atoms with Gasteiger partial charge in [0.25, 0.3) is 0 Å². The van der Waals surface area contributed by atoms with Crippen molar-refractivity contribution < 1.29 is 22.8 Å². The van der Waals surface area contributed by atoms with E-state index in [0.717, 1.165) is 22.4 Å². The molecule has 0 aliphatic rings. The Morgan fingerprint density at radius 2 is 1.97 bits per heavy atom. The first kappa shape index (κ1) is 22.8. The molecule has 4 rings (SSSR count). The van der Waals surface area contributed by atoms with Crippen molar-refractivity contribution in [3.05, 3.63) is 84.4 Å². The van der Waals surface area contributed by atoms with E-state index in [2.05, 4.69) is 20.4 Å². The monoisotopic (exact) mass is 468 g/mol. The summed E-state index contributed by atoms with van der Waals surface area (Å²) in [5.41, 5.74) is 4.22. The Bertz CT molecular complexity index is 1310. The molecule has 1 aromatic carbocycles. The maximum absolute atomic E-state index is 12.3. The summed E-state index contributed by atoms with van der Waals surface area (Å²) >= 11 is 0. The average molecular weight is 468 g/mol. The third-order valence-electron chi connectivity index (χ3n) is 4.66. The first-order valence-corrected chi connectivity index (χ1v) is 10.1. The lowest BCUT2D eigenvalue weighted by Gasteiger charge is -2.10. The molecule has 0 saturated heterocycles. The second kappa shape index (κ2) is 10.0. The lowest BCUT2D eigenvalue weighted by molar-refractivity contribution is -0.122. The number of urea groups is 1. The molecule has 3 aromatic heterocycles. The molecule has 0 bridgehead atoms. The number of oxime groups is 1. The lowest BCUT2D eigenvalue weighted by Crippen LogP contribution is -2.36. The molecule has 0 fully saturated rings. The van der Waals surface area contributed by atoms with Gasteiger partial charge < -0.3 is 15.5 Å². The SMILES string of the molecule is O=C(NCC(F)(F)F)Nc1cccc(-c2cnc3cc(C=NOCc4ccncc4)ccn23)c1. The minimum Gasteiger partial charge on any atom is -0.391 e. The van der Waals surface area contributed by atoms with Crippen molar-refractivity contribution in [2.75, 3.05) is 11.9 Å². The number of halogens is 3. The molecule has 174 valence electrons. The van der Waals surface area contributed by atoms with Gasteiger partial charge in [-0.15, -0.1) is 0 Å². The van der Waals surface area contributed by atoms with Gasteiger partial charge in [0.15, 0.2) is 0 Å². The number of amides is 2. The van der Waals surface area contributed by atoms with Crippen LogP contribution in [0.3, 0.4) is 0 Å². The molecular formula is C23H19F3N6O2. The van der Waals surface area contributed by atoms with Gasteiger partial charge in [0.2, 0.25) is 0 Å². The van der Waals surface area contributed by atoms with E-state index in [4.69, 9.17) is 4.84 Å². The Kier molecular flexibility index (Phi) is 6.72. The van der Waals surface area contributed by atoms with E-state index in [9.17, 15) is 18.0 Å². The van der Waals surface area contributed by atoms with Crippen LogP contribution in [0.25, 0.3) is 16.9 Å². The van der Waals surface area contributed by atoms with Crippen molar-refractivity contribution in [2.45, 2.75) is 12.8 Å². The molecule has 8 nitrogen and oxygen atoms in total. The highest BCUT2D eigenvalue weighted by molar-refractivity contribution is 5.90. The number of nitrogens with one attached hydrogen (secondary N) is 2. The topological polar surface area (TPSA) is 92.9 Å². The minimum absolute atomic E-state index is 0.327. The Labute approximate surface area is 192 Å². The first-order valence-electron chi connectivity index (χ1n) is 10.1. The third-order valence-corrected chi connectivity index (χ3v) is 4.66. The van der Waals surface area contributed by atoms with Gasteiger partial charge >= 0.3 is 12.2 Å². The molecule has 0 unspecified atom stereocenters. The number of fused-ring (bicyclic) bond motifs is 1. The Morgan fingerprint density at radius 1 is 1.15 bits per heavy atom. The van der Waals surface area contributed by atoms with Gasteiger partial charge in [-0.2, -0.15) is 13.2 Å². The molecule has 0 aliphatic heterocycles. The third kappa shape index (κ3) is 6.09. The zero-order valence-corrected chi connectivity index (χ0v) is 17.7. The van der Waals surface area contributed by atoms with Crippen LogP contribution < -0.4 is 10.6 Å². The maximum Gasteiger partial charge on any atom is 0.405 e. The predicted octanol–water partition coefficient (Wildman–Crippen LogP) is 4.63. The Morgan fingerprint density at radius 3 is 2.76 bits per heavy atom. The maximum atomic E-state index is 12.3. The fourth-order valence-corrected chi connectivity index (χ4v) is 3.09. The number of hydrogen-bond donors (Lipinski definition) is 2. The summed E-state index contributed by atoms with van der Waals surface area (Å²) in [6.45, 7) is -1.08. The highest BCUT2D eigenvalue weighted by atomic mass is 19.4. The molecule has 4 aromatic rings. The van der Waals surface area contributed by atoms with Crippen LogP contribution in [-0.4, -0.2) is 39.3 Å². The smallest absolute Gasteiger partial charge is 0.391 e. The van der Waals surface area contributed by atoms with Crippen LogP contribution >= 0.6 is 0 Å². The fraction of sp³-hybridized carbons (Fsp3) is 0.130. The van der Waals surface area contributed by atoms with E-state index in [1.165, 1.54) is 0 Å². The summed E-state index contributed by atoms with van der Waals surface area (Å²) in [5, 5.41) is 8.15. The number of anilines is 1. The standard InChI is InChI=1S/C23H19F3N6O2/c24-23(25,26)15-29-22(33)31-19-3-1-2-18(11-19)20-13-28-21-10-17(6-9-32(20)21)12-30-34-14-16-4-7-27-8-5-16/h1-13H,14-15H2,(H2,29,31,33). The molecule has 0 radical (unpaired) electrons. The summed E-state index contributed by atoms with van der Waals surface area (Å²) in [6, 6.07) is 13.1. The number of alkyl halides is 3. The minimum atomic E-state index is -4.48. The zero-order chi connectivity index (χ0) is 24.0. The van der Waals surface area contributed by atoms with Crippen LogP contribution in [0, 0.1) is 0 Å². The van der Waals surface area contributed by atoms with Gasteiger partial charge in [0.1, 0.15) is 18.8 Å². The number of pyridine rings is 2. The summed E-state index contributed by atoms with van der Waals surface area (Å²) in [6.07, 6.45) is 3.95. The van der Waals surface area contributed by atoms with Crippen LogP contribution in [-0.2, 0) is 11.4 Å². The average Bonchev–Trinajstić information content (AvgIpc) is 3.24. The number of benzene rings is 1. The van der Waals surface area contributed by atoms with Crippen LogP contribution in [0.2, 0.25) is 0 Å². The van der Waals surface area contributed by atoms with Gasteiger partial charge in [-0.05, 0) is 42.0 Å². The molecule has 2 amide bonds. The molecule has 0 spiro atoms. The number of aromatic nitrogens is 3. The molecule has 2 N–H and O–H groups in total. The van der Waals surface area contributed by atoms with Crippen molar-refractivity contribution in [2.24, 2.45) is 5.16 Å². The van der Waals surface area contributed by atoms with Crippen molar-refractivity contribution in [1.29, 1.82) is 0 Å². The van der Waals surface area contributed by atoms with Crippen molar-refractivity contribution in [1.82, 2.24) is 19.7 Å². The summed E-state index contributed by atoms with van der Waals surface area (Å²) < 4.78 is 38.7. The number of imidazole rings is 1. The quantitative estimate of drug-likeness (QED) is 0.306. The highest BCUT2D eigenvalue weighted by Gasteiger charge is 2.27. The number of carbonyl (C=O) groups excluding carboxylic acids is 1. The molecule has 0 saturated carbocycles. The van der Waals surface area contributed by atoms with Crippen LogP contribution in [0.5, 0.6) is 0 Å². The largest absolute Gasteiger partial charge is 0.405 e. The van der Waals surface area contributed by atoms with E-state index in [0.29, 0.717) is 17.9 Å². The molecular weight excluding hydrogens is 449 g/mol. The van der Waals surface area contributed by atoms with E-state index in [1.807, 2.05) is 40.9 Å². The van der Waals surface area contributed by atoms with Gasteiger partial charge in [0, 0.05) is 35.4 Å². The van der Waals surface area contributed by atoms with E-state index in [-0.39, 0.29) is 0 Å². The van der Waals surface area contributed by atoms with E-state index >= 15 is 0 Å². The van der Waals surface area contributed by atoms with Crippen molar-refractivity contribution in [3.63, 3.8) is 0 Å². The molecule has 11 heteroatoms. The van der Waals surface area contributed by atoms with Crippen LogP contribution in [0.4, 0.5) is 23.7 Å². The number of nitrogens with zero attached hydrogens (tertiary/aromatic N) is 4. The molecule has 34 heavy (non-hydrogen) atoms.